The van der Waals surface area contributed by atoms with Crippen LogP contribution in [0.1, 0.15) is 42.9 Å². The zero-order valence-electron chi connectivity index (χ0n) is 13.6. The van der Waals surface area contributed by atoms with Gasteiger partial charge in [0.2, 0.25) is 0 Å². The number of pyridine rings is 1. The van der Waals surface area contributed by atoms with Crippen LogP contribution in [-0.2, 0) is 15.9 Å². The van der Waals surface area contributed by atoms with Crippen LogP contribution in [0.3, 0.4) is 0 Å². The molecule has 0 spiro atoms. The Hall–Kier alpha value is -2.11. The number of unbranched alkanes of at least 4 members (excludes halogenated alkanes) is 1. The molecule has 2 aromatic rings. The van der Waals surface area contributed by atoms with Gasteiger partial charge in [-0.1, -0.05) is 12.1 Å². The van der Waals surface area contributed by atoms with Gasteiger partial charge in [0, 0.05) is 25.4 Å². The highest BCUT2D eigenvalue weighted by Gasteiger charge is 2.27. The molecule has 5 nitrogen and oxygen atoms in total. The average molecular weight is 329 g/mol. The molecule has 128 valence electrons. The van der Waals surface area contributed by atoms with E-state index in [0.717, 1.165) is 37.7 Å². The molecule has 1 saturated heterocycles. The van der Waals surface area contributed by atoms with E-state index >= 15 is 0 Å². The monoisotopic (exact) mass is 329 g/mol. The molecule has 0 radical (unpaired) electrons. The lowest BCUT2D eigenvalue weighted by atomic mass is 10.1. The Labute approximate surface area is 141 Å². The SMILES string of the molecule is Oc1ccc(C2CCC(OCCCCc3cccnc3)O2)cc1O. The molecule has 1 aliphatic heterocycles. The van der Waals surface area contributed by atoms with Crippen LogP contribution in [0.25, 0.3) is 0 Å². The number of hydrogen-bond donors (Lipinski definition) is 2. The highest BCUT2D eigenvalue weighted by atomic mass is 16.7. The number of phenolic OH excluding ortho intramolecular Hbond substituents is 2. The van der Waals surface area contributed by atoms with Crippen molar-refractivity contribution in [3.8, 4) is 11.5 Å². The molecular weight excluding hydrogens is 306 g/mol. The first-order chi connectivity index (χ1) is 11.7. The maximum Gasteiger partial charge on any atom is 0.158 e. The Kier molecular flexibility index (Phi) is 5.67. The summed E-state index contributed by atoms with van der Waals surface area (Å²) in [7, 11) is 0. The average Bonchev–Trinajstić information content (AvgIpc) is 3.07. The summed E-state index contributed by atoms with van der Waals surface area (Å²) in [6.07, 6.45) is 8.17. The van der Waals surface area contributed by atoms with E-state index in [9.17, 15) is 10.2 Å². The Morgan fingerprint density at radius 1 is 1.12 bits per heavy atom. The van der Waals surface area contributed by atoms with Crippen molar-refractivity contribution in [1.29, 1.82) is 0 Å². The van der Waals surface area contributed by atoms with Gasteiger partial charge in [0.1, 0.15) is 0 Å². The molecule has 0 amide bonds. The van der Waals surface area contributed by atoms with Gasteiger partial charge >= 0.3 is 0 Å². The van der Waals surface area contributed by atoms with Crippen molar-refractivity contribution < 1.29 is 19.7 Å². The Bertz CT molecular complexity index is 647. The van der Waals surface area contributed by atoms with Crippen LogP contribution < -0.4 is 0 Å². The third-order valence-corrected chi connectivity index (χ3v) is 4.24. The maximum absolute atomic E-state index is 9.58. The summed E-state index contributed by atoms with van der Waals surface area (Å²) in [5.74, 6) is -0.228. The van der Waals surface area contributed by atoms with Crippen LogP contribution in [0.4, 0.5) is 0 Å². The zero-order chi connectivity index (χ0) is 16.8. The molecule has 3 rings (SSSR count). The van der Waals surface area contributed by atoms with E-state index in [2.05, 4.69) is 11.1 Å². The van der Waals surface area contributed by atoms with Gasteiger partial charge in [0.15, 0.2) is 17.8 Å². The van der Waals surface area contributed by atoms with Gasteiger partial charge < -0.3 is 19.7 Å². The van der Waals surface area contributed by atoms with Gasteiger partial charge in [-0.25, -0.2) is 0 Å². The number of nitrogens with zero attached hydrogens (tertiary/aromatic N) is 1. The maximum atomic E-state index is 9.58. The topological polar surface area (TPSA) is 71.8 Å². The van der Waals surface area contributed by atoms with E-state index in [0.29, 0.717) is 6.61 Å². The van der Waals surface area contributed by atoms with Crippen molar-refractivity contribution in [2.24, 2.45) is 0 Å². The molecule has 2 unspecified atom stereocenters. The lowest BCUT2D eigenvalue weighted by Gasteiger charge is -2.15. The second-order valence-corrected chi connectivity index (χ2v) is 6.07. The van der Waals surface area contributed by atoms with Crippen molar-refractivity contribution >= 4 is 0 Å². The number of aromatic hydroxyl groups is 2. The summed E-state index contributed by atoms with van der Waals surface area (Å²) in [6, 6.07) is 8.86. The Balaban J connectivity index is 1.36. The summed E-state index contributed by atoms with van der Waals surface area (Å²) in [5.41, 5.74) is 2.12. The first-order valence-electron chi connectivity index (χ1n) is 8.40. The van der Waals surface area contributed by atoms with Crippen LogP contribution in [0.15, 0.2) is 42.7 Å². The molecule has 1 fully saturated rings. The summed E-state index contributed by atoms with van der Waals surface area (Å²) in [6.45, 7) is 0.679. The Morgan fingerprint density at radius 3 is 2.83 bits per heavy atom. The quantitative estimate of drug-likeness (QED) is 0.598. The van der Waals surface area contributed by atoms with Crippen LogP contribution in [0.5, 0.6) is 11.5 Å². The van der Waals surface area contributed by atoms with Gasteiger partial charge in [0.05, 0.1) is 6.10 Å². The number of benzene rings is 1. The lowest BCUT2D eigenvalue weighted by Crippen LogP contribution is -2.12. The van der Waals surface area contributed by atoms with Crippen molar-refractivity contribution in [2.45, 2.75) is 44.5 Å². The molecular formula is C19H23NO4. The standard InChI is InChI=1S/C19H23NO4/c21-16-7-6-15(12-17(16)22)18-8-9-19(24-18)23-11-2-1-4-14-5-3-10-20-13-14/h3,5-7,10,12-13,18-19,21-22H,1-2,4,8-9,11H2. The molecule has 2 atom stereocenters. The van der Waals surface area contributed by atoms with Crippen LogP contribution in [0.2, 0.25) is 0 Å². The summed E-state index contributed by atoms with van der Waals surface area (Å²) in [5, 5.41) is 18.9. The highest BCUT2D eigenvalue weighted by molar-refractivity contribution is 5.41. The number of aryl methyl sites for hydroxylation is 1. The molecule has 1 aromatic carbocycles. The normalized spacial score (nSPS) is 20.3. The predicted octanol–water partition coefficient (Wildman–Crippen LogP) is 3.71. The third kappa shape index (κ3) is 4.46. The molecule has 1 aromatic heterocycles. The number of ether oxygens (including phenoxy) is 2. The molecule has 1 aliphatic rings. The fourth-order valence-electron chi connectivity index (χ4n) is 2.91. The summed E-state index contributed by atoms with van der Waals surface area (Å²) >= 11 is 0. The molecule has 0 aliphatic carbocycles. The number of phenols is 2. The predicted molar refractivity (Wildman–Crippen MR) is 89.7 cm³/mol. The fourth-order valence-corrected chi connectivity index (χ4v) is 2.91. The van der Waals surface area contributed by atoms with Gasteiger partial charge in [-0.2, -0.15) is 0 Å². The molecule has 24 heavy (non-hydrogen) atoms. The fraction of sp³-hybridized carbons (Fsp3) is 0.421. The minimum absolute atomic E-state index is 0.0862. The number of rotatable bonds is 7. The first kappa shape index (κ1) is 16.7. The van der Waals surface area contributed by atoms with E-state index in [-0.39, 0.29) is 23.9 Å². The van der Waals surface area contributed by atoms with Gasteiger partial charge in [-0.15, -0.1) is 0 Å². The zero-order valence-corrected chi connectivity index (χ0v) is 13.6. The van der Waals surface area contributed by atoms with E-state index in [1.54, 1.807) is 18.3 Å². The van der Waals surface area contributed by atoms with E-state index in [1.807, 2.05) is 12.3 Å². The van der Waals surface area contributed by atoms with Crippen LogP contribution >= 0.6 is 0 Å². The first-order valence-corrected chi connectivity index (χ1v) is 8.40. The number of aromatic nitrogens is 1. The second-order valence-electron chi connectivity index (χ2n) is 6.07. The van der Waals surface area contributed by atoms with Gasteiger partial charge in [-0.3, -0.25) is 4.98 Å². The second kappa shape index (κ2) is 8.13. The van der Waals surface area contributed by atoms with Crippen molar-refractivity contribution in [3.05, 3.63) is 53.9 Å². The molecule has 5 heteroatoms. The van der Waals surface area contributed by atoms with Gasteiger partial charge in [-0.05, 0) is 55.0 Å². The molecule has 0 bridgehead atoms. The summed E-state index contributed by atoms with van der Waals surface area (Å²) < 4.78 is 11.7. The van der Waals surface area contributed by atoms with Gasteiger partial charge in [0.25, 0.3) is 0 Å². The van der Waals surface area contributed by atoms with Crippen molar-refractivity contribution in [3.63, 3.8) is 0 Å². The van der Waals surface area contributed by atoms with E-state index < -0.39 is 0 Å². The van der Waals surface area contributed by atoms with Crippen LogP contribution in [0, 0.1) is 0 Å². The molecule has 0 saturated carbocycles. The van der Waals surface area contributed by atoms with E-state index in [1.165, 1.54) is 11.6 Å². The largest absolute Gasteiger partial charge is 0.504 e. The minimum atomic E-state index is -0.190. The summed E-state index contributed by atoms with van der Waals surface area (Å²) in [4.78, 5) is 4.11. The minimum Gasteiger partial charge on any atom is -0.504 e. The number of hydrogen-bond acceptors (Lipinski definition) is 5. The van der Waals surface area contributed by atoms with Crippen LogP contribution in [-0.4, -0.2) is 28.1 Å². The lowest BCUT2D eigenvalue weighted by molar-refractivity contribution is -0.135. The van der Waals surface area contributed by atoms with Crippen molar-refractivity contribution in [1.82, 2.24) is 4.98 Å². The molecule has 2 N–H and O–H groups in total. The highest BCUT2D eigenvalue weighted by Crippen LogP contribution is 2.36. The van der Waals surface area contributed by atoms with E-state index in [4.69, 9.17) is 9.47 Å². The molecule has 2 heterocycles. The smallest absolute Gasteiger partial charge is 0.158 e. The Morgan fingerprint density at radius 2 is 2.04 bits per heavy atom. The van der Waals surface area contributed by atoms with Crippen molar-refractivity contribution in [2.75, 3.05) is 6.61 Å². The third-order valence-electron chi connectivity index (χ3n) is 4.24.